The third-order valence-corrected chi connectivity index (χ3v) is 6.21. The number of hydrogen-bond acceptors (Lipinski definition) is 1. The lowest BCUT2D eigenvalue weighted by molar-refractivity contribution is 0.104. The first kappa shape index (κ1) is 18.6. The average molecular weight is 389 g/mol. The molecule has 5 rings (SSSR count). The summed E-state index contributed by atoms with van der Waals surface area (Å²) < 4.78 is 0. The summed E-state index contributed by atoms with van der Waals surface area (Å²) in [5.74, 6) is 0.124. The Kier molecular flexibility index (Phi) is 4.59. The molecule has 4 aromatic rings. The monoisotopic (exact) mass is 388 g/mol. The van der Waals surface area contributed by atoms with E-state index >= 15 is 0 Å². The molecule has 1 aliphatic rings. The predicted octanol–water partition coefficient (Wildman–Crippen LogP) is 7.36. The van der Waals surface area contributed by atoms with Crippen molar-refractivity contribution in [2.75, 3.05) is 0 Å². The molecule has 0 aromatic heterocycles. The van der Waals surface area contributed by atoms with Gasteiger partial charge in [0.25, 0.3) is 0 Å². The van der Waals surface area contributed by atoms with Crippen molar-refractivity contribution >= 4 is 5.78 Å². The van der Waals surface area contributed by atoms with Gasteiger partial charge < -0.3 is 0 Å². The Bertz CT molecular complexity index is 1150. The summed E-state index contributed by atoms with van der Waals surface area (Å²) in [4.78, 5) is 13.3. The van der Waals surface area contributed by atoms with Gasteiger partial charge in [-0.05, 0) is 69.5 Å². The van der Waals surface area contributed by atoms with Crippen molar-refractivity contribution in [3.05, 3.63) is 107 Å². The Hall–Kier alpha value is -3.45. The Balaban J connectivity index is 1.52. The van der Waals surface area contributed by atoms with Crippen LogP contribution in [-0.4, -0.2) is 5.78 Å². The van der Waals surface area contributed by atoms with Crippen LogP contribution in [0, 0.1) is 0 Å². The van der Waals surface area contributed by atoms with Gasteiger partial charge in [0.2, 0.25) is 0 Å². The molecule has 4 aromatic carbocycles. The lowest BCUT2D eigenvalue weighted by Crippen LogP contribution is -1.96. The summed E-state index contributed by atoms with van der Waals surface area (Å²) in [6, 6.07) is 29.8. The van der Waals surface area contributed by atoms with Gasteiger partial charge in [-0.3, -0.25) is 4.79 Å². The summed E-state index contributed by atoms with van der Waals surface area (Å²) in [5, 5.41) is 0. The molecule has 0 aliphatic heterocycles. The Morgan fingerprint density at radius 1 is 0.467 bits per heavy atom. The van der Waals surface area contributed by atoms with Crippen molar-refractivity contribution in [3.8, 4) is 33.4 Å². The van der Waals surface area contributed by atoms with Crippen molar-refractivity contribution in [1.82, 2.24) is 0 Å². The molecule has 1 aliphatic carbocycles. The highest BCUT2D eigenvalue weighted by Crippen LogP contribution is 2.40. The van der Waals surface area contributed by atoms with Gasteiger partial charge in [-0.2, -0.15) is 0 Å². The zero-order valence-electron chi connectivity index (χ0n) is 17.4. The van der Waals surface area contributed by atoms with Crippen molar-refractivity contribution in [2.24, 2.45) is 0 Å². The van der Waals surface area contributed by atoms with Gasteiger partial charge in [0, 0.05) is 11.1 Å². The van der Waals surface area contributed by atoms with Gasteiger partial charge in [0.05, 0.1) is 0 Å². The second-order valence-corrected chi connectivity index (χ2v) is 7.95. The first-order chi connectivity index (χ1) is 14.7. The van der Waals surface area contributed by atoms with Crippen LogP contribution in [0.25, 0.3) is 33.4 Å². The first-order valence-electron chi connectivity index (χ1n) is 10.7. The number of benzene rings is 4. The van der Waals surface area contributed by atoms with Gasteiger partial charge in [-0.15, -0.1) is 0 Å². The van der Waals surface area contributed by atoms with E-state index in [1.165, 1.54) is 11.1 Å². The number of aryl methyl sites for hydroxylation is 2. The predicted molar refractivity (Wildman–Crippen MR) is 125 cm³/mol. The molecule has 0 radical (unpaired) electrons. The van der Waals surface area contributed by atoms with Crippen molar-refractivity contribution in [3.63, 3.8) is 0 Å². The standard InChI is InChI=1S/C29H24O/c1-3-19-5-9-21(10-6-19)23-13-15-25-26-16-14-24(18-28(26)29(30)27(25)17-23)22-11-7-20(4-2)8-12-22/h5-18H,3-4H2,1-2H3. The van der Waals surface area contributed by atoms with Crippen LogP contribution < -0.4 is 0 Å². The molecular weight excluding hydrogens is 364 g/mol. The van der Waals surface area contributed by atoms with Crippen molar-refractivity contribution in [1.29, 1.82) is 0 Å². The van der Waals surface area contributed by atoms with Gasteiger partial charge in [0.15, 0.2) is 5.78 Å². The smallest absolute Gasteiger partial charge is 0.194 e. The molecule has 0 amide bonds. The summed E-state index contributed by atoms with van der Waals surface area (Å²) in [6.07, 6.45) is 2.06. The van der Waals surface area contributed by atoms with Gasteiger partial charge >= 0.3 is 0 Å². The summed E-state index contributed by atoms with van der Waals surface area (Å²) in [5.41, 5.74) is 10.8. The molecule has 0 heterocycles. The maximum absolute atomic E-state index is 13.3. The quantitative estimate of drug-likeness (QED) is 0.314. The minimum Gasteiger partial charge on any atom is -0.289 e. The lowest BCUT2D eigenvalue weighted by atomic mass is 9.97. The third-order valence-electron chi connectivity index (χ3n) is 6.21. The number of carbonyl (C=O) groups excluding carboxylic acids is 1. The second kappa shape index (κ2) is 7.42. The van der Waals surface area contributed by atoms with Crippen LogP contribution >= 0.6 is 0 Å². The van der Waals surface area contributed by atoms with E-state index in [1.807, 2.05) is 12.1 Å². The molecule has 1 nitrogen and oxygen atoms in total. The molecule has 146 valence electrons. The van der Waals surface area contributed by atoms with Crippen molar-refractivity contribution < 1.29 is 4.79 Å². The minimum absolute atomic E-state index is 0.124. The molecule has 0 bridgehead atoms. The van der Waals surface area contributed by atoms with E-state index in [2.05, 4.69) is 86.6 Å². The van der Waals surface area contributed by atoms with E-state index in [9.17, 15) is 4.79 Å². The fraction of sp³-hybridized carbons (Fsp3) is 0.138. The van der Waals surface area contributed by atoms with Crippen LogP contribution in [0.3, 0.4) is 0 Å². The number of rotatable bonds is 4. The van der Waals surface area contributed by atoms with E-state index in [0.29, 0.717) is 0 Å². The number of ketones is 1. The highest BCUT2D eigenvalue weighted by Gasteiger charge is 2.27. The zero-order valence-corrected chi connectivity index (χ0v) is 17.4. The van der Waals surface area contributed by atoms with Crippen LogP contribution in [0.15, 0.2) is 84.9 Å². The first-order valence-corrected chi connectivity index (χ1v) is 10.7. The zero-order chi connectivity index (χ0) is 20.7. The van der Waals surface area contributed by atoms with E-state index < -0.39 is 0 Å². The summed E-state index contributed by atoms with van der Waals surface area (Å²) in [6.45, 7) is 4.32. The Labute approximate surface area is 178 Å². The molecule has 0 N–H and O–H groups in total. The minimum atomic E-state index is 0.124. The maximum Gasteiger partial charge on any atom is 0.194 e. The third kappa shape index (κ3) is 3.07. The van der Waals surface area contributed by atoms with E-state index in [-0.39, 0.29) is 5.78 Å². The Morgan fingerprint density at radius 2 is 0.833 bits per heavy atom. The second-order valence-electron chi connectivity index (χ2n) is 7.95. The Morgan fingerprint density at radius 3 is 1.20 bits per heavy atom. The van der Waals surface area contributed by atoms with E-state index in [1.54, 1.807) is 0 Å². The lowest BCUT2D eigenvalue weighted by Gasteiger charge is -2.07. The SMILES string of the molecule is CCc1ccc(-c2ccc3c(c2)C(=O)c2cc(-c4ccc(CC)cc4)ccc2-3)cc1. The van der Waals surface area contributed by atoms with Gasteiger partial charge in [0.1, 0.15) is 0 Å². The normalized spacial score (nSPS) is 12.0. The average Bonchev–Trinajstić information content (AvgIpc) is 3.10. The van der Waals surface area contributed by atoms with Crippen LogP contribution in [0.1, 0.15) is 40.9 Å². The fourth-order valence-corrected chi connectivity index (χ4v) is 4.30. The number of fused-ring (bicyclic) bond motifs is 3. The molecule has 0 atom stereocenters. The molecule has 30 heavy (non-hydrogen) atoms. The van der Waals surface area contributed by atoms with Crippen LogP contribution in [-0.2, 0) is 12.8 Å². The van der Waals surface area contributed by atoms with Crippen LogP contribution in [0.4, 0.5) is 0 Å². The van der Waals surface area contributed by atoms with Crippen LogP contribution in [0.5, 0.6) is 0 Å². The molecule has 0 saturated heterocycles. The van der Waals surface area contributed by atoms with Gasteiger partial charge in [-0.25, -0.2) is 0 Å². The summed E-state index contributed by atoms with van der Waals surface area (Å²) in [7, 11) is 0. The number of hydrogen-bond donors (Lipinski definition) is 0. The highest BCUT2D eigenvalue weighted by molar-refractivity contribution is 6.22. The summed E-state index contributed by atoms with van der Waals surface area (Å²) >= 11 is 0. The number of carbonyl (C=O) groups is 1. The molecule has 0 fully saturated rings. The van der Waals surface area contributed by atoms with E-state index in [4.69, 9.17) is 0 Å². The fourth-order valence-electron chi connectivity index (χ4n) is 4.30. The molecular formula is C29H24O. The van der Waals surface area contributed by atoms with Crippen molar-refractivity contribution in [2.45, 2.75) is 26.7 Å². The van der Waals surface area contributed by atoms with E-state index in [0.717, 1.165) is 57.3 Å². The van der Waals surface area contributed by atoms with Crippen LogP contribution in [0.2, 0.25) is 0 Å². The molecule has 1 heteroatoms. The topological polar surface area (TPSA) is 17.1 Å². The maximum atomic E-state index is 13.3. The largest absolute Gasteiger partial charge is 0.289 e. The molecule has 0 unspecified atom stereocenters. The highest BCUT2D eigenvalue weighted by atomic mass is 16.1. The van der Waals surface area contributed by atoms with Gasteiger partial charge in [-0.1, -0.05) is 86.6 Å². The molecule has 0 spiro atoms. The molecule has 0 saturated carbocycles.